The van der Waals surface area contributed by atoms with Crippen LogP contribution in [0.15, 0.2) is 58.1 Å². The first-order valence-electron chi connectivity index (χ1n) is 9.62. The van der Waals surface area contributed by atoms with Crippen molar-refractivity contribution in [2.75, 3.05) is 25.1 Å². The molecule has 4 nitrogen and oxygen atoms in total. The smallest absolute Gasteiger partial charge is 0.272 e. The lowest BCUT2D eigenvalue weighted by Crippen LogP contribution is -2.46. The minimum absolute atomic E-state index is 0.0866. The number of rotatable bonds is 5. The van der Waals surface area contributed by atoms with Crippen LogP contribution in [0.4, 0.5) is 14.5 Å². The molecule has 1 fully saturated rings. The third-order valence-corrected chi connectivity index (χ3v) is 5.75. The van der Waals surface area contributed by atoms with Crippen molar-refractivity contribution in [1.82, 2.24) is 0 Å². The Kier molecular flexibility index (Phi) is 5.18. The van der Waals surface area contributed by atoms with Crippen molar-refractivity contribution < 1.29 is 13.5 Å². The Hall–Kier alpha value is -3.02. The molecule has 1 unspecified atom stereocenters. The molecule has 0 amide bonds. The average Bonchev–Trinajstić information content (AvgIpc) is 2.74. The Morgan fingerprint density at radius 2 is 1.48 bits per heavy atom. The van der Waals surface area contributed by atoms with Crippen LogP contribution in [-0.2, 0) is 0 Å². The molecule has 3 aromatic carbocycles. The predicted octanol–water partition coefficient (Wildman–Crippen LogP) is 3.62. The summed E-state index contributed by atoms with van der Waals surface area (Å²) in [5.41, 5.74) is 1.11. The second-order valence-corrected chi connectivity index (χ2v) is 7.47. The van der Waals surface area contributed by atoms with Crippen LogP contribution in [-0.4, -0.2) is 20.2 Å². The van der Waals surface area contributed by atoms with Crippen LogP contribution in [0, 0.1) is 17.6 Å². The maximum absolute atomic E-state index is 13.5. The Morgan fingerprint density at radius 3 is 2.00 bits per heavy atom. The standard InChI is InChI=1S/C23H21F2NO3/c1-29-23-20(21(27)22(23)28)26-12-2-3-16(13-26)19(14-4-8-17(24)9-5-14)15-6-10-18(25)11-7-15/h4-11,16,19H,2-3,12-13H2,1H3. The average molecular weight is 397 g/mol. The zero-order chi connectivity index (χ0) is 20.5. The molecule has 0 radical (unpaired) electrons. The molecular formula is C23H21F2NO3. The van der Waals surface area contributed by atoms with Crippen molar-refractivity contribution >= 4 is 5.69 Å². The van der Waals surface area contributed by atoms with Crippen LogP contribution in [0.3, 0.4) is 0 Å². The molecule has 3 aromatic rings. The monoisotopic (exact) mass is 397 g/mol. The van der Waals surface area contributed by atoms with Gasteiger partial charge in [0.1, 0.15) is 17.3 Å². The Morgan fingerprint density at radius 1 is 0.931 bits per heavy atom. The molecule has 150 valence electrons. The van der Waals surface area contributed by atoms with E-state index in [1.54, 1.807) is 24.3 Å². The third-order valence-electron chi connectivity index (χ3n) is 5.75. The minimum atomic E-state index is -0.585. The van der Waals surface area contributed by atoms with Crippen molar-refractivity contribution in [2.45, 2.75) is 18.8 Å². The first kappa shape index (κ1) is 19.3. The highest BCUT2D eigenvalue weighted by atomic mass is 19.1. The molecule has 0 bridgehead atoms. The molecular weight excluding hydrogens is 376 g/mol. The summed E-state index contributed by atoms with van der Waals surface area (Å²) in [4.78, 5) is 25.8. The molecule has 0 N–H and O–H groups in total. The summed E-state index contributed by atoms with van der Waals surface area (Å²) in [6.45, 7) is 1.22. The van der Waals surface area contributed by atoms with Gasteiger partial charge in [0.25, 0.3) is 10.9 Å². The second kappa shape index (κ2) is 7.78. The lowest BCUT2D eigenvalue weighted by atomic mass is 9.76. The topological polar surface area (TPSA) is 46.6 Å². The SMILES string of the molecule is COc1c(N2CCCC(C(c3ccc(F)cc3)c3ccc(F)cc3)C2)c(=O)c1=O. The van der Waals surface area contributed by atoms with E-state index in [-0.39, 0.29) is 29.2 Å². The Balaban J connectivity index is 1.69. The summed E-state index contributed by atoms with van der Waals surface area (Å²) in [6.07, 6.45) is 1.74. The van der Waals surface area contributed by atoms with E-state index in [1.807, 2.05) is 4.90 Å². The number of hydrogen-bond donors (Lipinski definition) is 0. The van der Waals surface area contributed by atoms with Crippen molar-refractivity contribution in [1.29, 1.82) is 0 Å². The molecule has 1 aliphatic rings. The molecule has 29 heavy (non-hydrogen) atoms. The summed E-state index contributed by atoms with van der Waals surface area (Å²) in [6, 6.07) is 12.7. The fourth-order valence-corrected chi connectivity index (χ4v) is 4.40. The van der Waals surface area contributed by atoms with Crippen molar-refractivity contribution in [3.63, 3.8) is 0 Å². The van der Waals surface area contributed by atoms with Gasteiger partial charge in [0.2, 0.25) is 0 Å². The quantitative estimate of drug-likeness (QED) is 0.617. The molecule has 4 rings (SSSR count). The summed E-state index contributed by atoms with van der Waals surface area (Å²) >= 11 is 0. The van der Waals surface area contributed by atoms with Gasteiger partial charge in [-0.05, 0) is 54.2 Å². The molecule has 0 aromatic heterocycles. The van der Waals surface area contributed by atoms with Gasteiger partial charge in [0, 0.05) is 19.0 Å². The number of ether oxygens (including phenoxy) is 1. The van der Waals surface area contributed by atoms with Crippen LogP contribution in [0.25, 0.3) is 0 Å². The van der Waals surface area contributed by atoms with Gasteiger partial charge in [-0.2, -0.15) is 0 Å². The number of halogens is 2. The minimum Gasteiger partial charge on any atom is -0.491 e. The maximum Gasteiger partial charge on any atom is 0.272 e. The normalized spacial score (nSPS) is 17.1. The van der Waals surface area contributed by atoms with E-state index >= 15 is 0 Å². The highest BCUT2D eigenvalue weighted by Gasteiger charge is 2.34. The van der Waals surface area contributed by atoms with E-state index in [0.717, 1.165) is 24.0 Å². The number of benzene rings is 2. The van der Waals surface area contributed by atoms with Crippen molar-refractivity contribution in [2.24, 2.45) is 5.92 Å². The Bertz CT molecular complexity index is 1020. The van der Waals surface area contributed by atoms with Gasteiger partial charge >= 0.3 is 0 Å². The van der Waals surface area contributed by atoms with Gasteiger partial charge in [-0.25, -0.2) is 8.78 Å². The van der Waals surface area contributed by atoms with Crippen LogP contribution in [0.5, 0.6) is 5.75 Å². The lowest BCUT2D eigenvalue weighted by molar-refractivity contribution is 0.366. The van der Waals surface area contributed by atoms with Gasteiger partial charge in [-0.1, -0.05) is 24.3 Å². The molecule has 0 aliphatic carbocycles. The highest BCUT2D eigenvalue weighted by Crippen LogP contribution is 2.39. The Labute approximate surface area is 167 Å². The largest absolute Gasteiger partial charge is 0.491 e. The summed E-state index contributed by atoms with van der Waals surface area (Å²) in [7, 11) is 1.39. The second-order valence-electron chi connectivity index (χ2n) is 7.47. The van der Waals surface area contributed by atoms with Crippen LogP contribution in [0.1, 0.15) is 29.9 Å². The predicted molar refractivity (Wildman–Crippen MR) is 107 cm³/mol. The van der Waals surface area contributed by atoms with Crippen LogP contribution >= 0.6 is 0 Å². The maximum atomic E-state index is 13.5. The zero-order valence-corrected chi connectivity index (χ0v) is 16.0. The number of hydrogen-bond acceptors (Lipinski definition) is 4. The summed E-state index contributed by atoms with van der Waals surface area (Å²) in [5.74, 6) is -0.489. The van der Waals surface area contributed by atoms with E-state index in [9.17, 15) is 18.4 Å². The molecule has 1 atom stereocenters. The number of nitrogens with zero attached hydrogens (tertiary/aromatic N) is 1. The van der Waals surface area contributed by atoms with E-state index in [1.165, 1.54) is 31.4 Å². The number of piperidine rings is 1. The third kappa shape index (κ3) is 3.55. The molecule has 0 spiro atoms. The van der Waals surface area contributed by atoms with Gasteiger partial charge < -0.3 is 9.64 Å². The van der Waals surface area contributed by atoms with Gasteiger partial charge in [-0.3, -0.25) is 9.59 Å². The van der Waals surface area contributed by atoms with Crippen LogP contribution < -0.4 is 20.5 Å². The fraction of sp³-hybridized carbons (Fsp3) is 0.304. The van der Waals surface area contributed by atoms with Gasteiger partial charge in [0.05, 0.1) is 7.11 Å². The van der Waals surface area contributed by atoms with Crippen LogP contribution in [0.2, 0.25) is 0 Å². The molecule has 1 aliphatic heterocycles. The lowest BCUT2D eigenvalue weighted by Gasteiger charge is -2.39. The molecule has 1 heterocycles. The van der Waals surface area contributed by atoms with E-state index in [4.69, 9.17) is 4.74 Å². The van der Waals surface area contributed by atoms with E-state index < -0.39 is 10.9 Å². The van der Waals surface area contributed by atoms with Gasteiger partial charge in [-0.15, -0.1) is 0 Å². The van der Waals surface area contributed by atoms with Gasteiger partial charge in [0.15, 0.2) is 5.75 Å². The molecule has 0 saturated carbocycles. The first-order valence-corrected chi connectivity index (χ1v) is 9.62. The van der Waals surface area contributed by atoms with E-state index in [2.05, 4.69) is 0 Å². The van der Waals surface area contributed by atoms with E-state index in [0.29, 0.717) is 18.8 Å². The van der Waals surface area contributed by atoms with Crippen molar-refractivity contribution in [3.8, 4) is 5.75 Å². The summed E-state index contributed by atoms with van der Waals surface area (Å²) < 4.78 is 32.1. The number of methoxy groups -OCH3 is 1. The van der Waals surface area contributed by atoms with Crippen molar-refractivity contribution in [3.05, 3.63) is 91.7 Å². The number of anilines is 1. The zero-order valence-electron chi connectivity index (χ0n) is 16.0. The fourth-order valence-electron chi connectivity index (χ4n) is 4.40. The first-order chi connectivity index (χ1) is 14.0. The molecule has 6 heteroatoms. The summed E-state index contributed by atoms with van der Waals surface area (Å²) in [5, 5.41) is 0. The molecule has 1 saturated heterocycles. The highest BCUT2D eigenvalue weighted by molar-refractivity contribution is 5.64.